The zero-order chi connectivity index (χ0) is 24.8. The lowest BCUT2D eigenvalue weighted by atomic mass is 9.78. The molecule has 4 rings (SSSR count). The van der Waals surface area contributed by atoms with Gasteiger partial charge < -0.3 is 4.90 Å². The predicted octanol–water partition coefficient (Wildman–Crippen LogP) is 5.42. The molecule has 0 unspecified atom stereocenters. The van der Waals surface area contributed by atoms with E-state index < -0.39 is 17.8 Å². The van der Waals surface area contributed by atoms with E-state index in [1.807, 2.05) is 25.1 Å². The Morgan fingerprint density at radius 1 is 1.09 bits per heavy atom. The zero-order valence-electron chi connectivity index (χ0n) is 20.8. The Hall–Kier alpha value is -3.41. The number of urea groups is 1. The fraction of sp³-hybridized carbons (Fsp3) is 0.393. The van der Waals surface area contributed by atoms with Crippen LogP contribution < -0.4 is 15.1 Å². The third-order valence-electron chi connectivity index (χ3n) is 6.83. The van der Waals surface area contributed by atoms with Gasteiger partial charge in [-0.25, -0.2) is 9.69 Å². The van der Waals surface area contributed by atoms with Crippen molar-refractivity contribution in [1.82, 2.24) is 5.32 Å². The highest BCUT2D eigenvalue weighted by Crippen LogP contribution is 2.44. The number of hydrogen-bond acceptors (Lipinski definition) is 4. The first kappa shape index (κ1) is 23.7. The number of anilines is 2. The third-order valence-corrected chi connectivity index (χ3v) is 6.83. The molecule has 1 N–H and O–H groups in total. The van der Waals surface area contributed by atoms with Gasteiger partial charge in [0.05, 0.1) is 5.69 Å². The Labute approximate surface area is 201 Å². The maximum Gasteiger partial charge on any atom is 0.335 e. The van der Waals surface area contributed by atoms with Crippen molar-refractivity contribution in [3.8, 4) is 0 Å². The average Bonchev–Trinajstić information content (AvgIpc) is 2.76. The van der Waals surface area contributed by atoms with E-state index in [2.05, 4.69) is 57.0 Å². The molecule has 2 aromatic carbocycles. The quantitative estimate of drug-likeness (QED) is 0.490. The number of carbonyl (C=O) groups excluding carboxylic acids is 3. The molecule has 4 amide bonds. The maximum atomic E-state index is 13.3. The zero-order valence-corrected chi connectivity index (χ0v) is 20.8. The van der Waals surface area contributed by atoms with Gasteiger partial charge in [-0.15, -0.1) is 0 Å². The van der Waals surface area contributed by atoms with Crippen LogP contribution in [0.25, 0.3) is 6.08 Å². The first-order valence-electron chi connectivity index (χ1n) is 12.0. The number of benzene rings is 2. The largest absolute Gasteiger partial charge is 0.364 e. The van der Waals surface area contributed by atoms with Crippen LogP contribution in [0.3, 0.4) is 0 Å². The molecule has 1 saturated heterocycles. The molecule has 34 heavy (non-hydrogen) atoms. The highest BCUT2D eigenvalue weighted by molar-refractivity contribution is 6.39. The average molecular weight is 460 g/mol. The molecule has 2 aliphatic heterocycles. The Balaban J connectivity index is 1.72. The van der Waals surface area contributed by atoms with Crippen LogP contribution >= 0.6 is 0 Å². The molecule has 0 aromatic heterocycles. The lowest BCUT2D eigenvalue weighted by Gasteiger charge is -2.50. The summed E-state index contributed by atoms with van der Waals surface area (Å²) in [6, 6.07) is 12.9. The molecule has 2 aliphatic rings. The highest BCUT2D eigenvalue weighted by atomic mass is 16.2. The molecule has 1 atom stereocenters. The summed E-state index contributed by atoms with van der Waals surface area (Å²) in [6.45, 7) is 13.2. The first-order valence-corrected chi connectivity index (χ1v) is 12.0. The summed E-state index contributed by atoms with van der Waals surface area (Å²) < 4.78 is 0. The van der Waals surface area contributed by atoms with E-state index in [1.165, 1.54) is 11.3 Å². The van der Waals surface area contributed by atoms with Crippen molar-refractivity contribution in [3.05, 3.63) is 64.7 Å². The van der Waals surface area contributed by atoms with E-state index >= 15 is 0 Å². The normalized spacial score (nSPS) is 21.2. The number of nitrogens with zero attached hydrogens (tertiary/aromatic N) is 2. The minimum absolute atomic E-state index is 0.0357. The molecule has 0 bridgehead atoms. The van der Waals surface area contributed by atoms with Crippen molar-refractivity contribution >= 4 is 35.3 Å². The minimum Gasteiger partial charge on any atom is -0.364 e. The molecule has 6 heteroatoms. The molecule has 0 saturated carbocycles. The molecule has 0 spiro atoms. The highest BCUT2D eigenvalue weighted by Gasteiger charge is 2.39. The summed E-state index contributed by atoms with van der Waals surface area (Å²) in [7, 11) is 0. The van der Waals surface area contributed by atoms with Gasteiger partial charge >= 0.3 is 6.03 Å². The topological polar surface area (TPSA) is 69.7 Å². The fourth-order valence-electron chi connectivity index (χ4n) is 5.48. The van der Waals surface area contributed by atoms with Gasteiger partial charge in [-0.3, -0.25) is 14.9 Å². The van der Waals surface area contributed by atoms with Crippen molar-refractivity contribution in [2.75, 3.05) is 9.80 Å². The van der Waals surface area contributed by atoms with Gasteiger partial charge in [-0.05, 0) is 93.5 Å². The molecule has 2 heterocycles. The number of nitrogens with one attached hydrogen (secondary N) is 1. The number of barbiturate groups is 1. The van der Waals surface area contributed by atoms with Crippen molar-refractivity contribution in [2.24, 2.45) is 0 Å². The molecule has 2 aromatic rings. The summed E-state index contributed by atoms with van der Waals surface area (Å²) in [5, 5.41) is 2.31. The lowest BCUT2D eigenvalue weighted by molar-refractivity contribution is -0.122. The van der Waals surface area contributed by atoms with Gasteiger partial charge in [-0.1, -0.05) is 32.0 Å². The number of carbonyl (C=O) groups is 3. The molecule has 1 fully saturated rings. The summed E-state index contributed by atoms with van der Waals surface area (Å²) in [5.74, 6) is -0.953. The second kappa shape index (κ2) is 8.75. The SMILES string of the molecule is CCc1ccc(N2C(=O)NC(=O)/C(=C\c3ccc4c(c3)[C@H](C)CC(C)(C)N4C(C)C)C2=O)cc1. The Kier molecular flexibility index (Phi) is 6.11. The lowest BCUT2D eigenvalue weighted by Crippen LogP contribution is -2.54. The number of aryl methyl sites for hydroxylation is 1. The van der Waals surface area contributed by atoms with E-state index in [9.17, 15) is 14.4 Å². The van der Waals surface area contributed by atoms with Gasteiger partial charge in [0.15, 0.2) is 0 Å². The van der Waals surface area contributed by atoms with Crippen LogP contribution in [0.15, 0.2) is 48.0 Å². The van der Waals surface area contributed by atoms with Gasteiger partial charge in [0.2, 0.25) is 0 Å². The van der Waals surface area contributed by atoms with Crippen LogP contribution in [-0.4, -0.2) is 29.4 Å². The molecule has 6 nitrogen and oxygen atoms in total. The molecular weight excluding hydrogens is 426 g/mol. The van der Waals surface area contributed by atoms with Crippen molar-refractivity contribution in [1.29, 1.82) is 0 Å². The van der Waals surface area contributed by atoms with E-state index in [4.69, 9.17) is 0 Å². The summed E-state index contributed by atoms with van der Waals surface area (Å²) in [6.07, 6.45) is 3.45. The molecule has 0 aliphatic carbocycles. The van der Waals surface area contributed by atoms with Crippen LogP contribution in [0.2, 0.25) is 0 Å². The monoisotopic (exact) mass is 459 g/mol. The van der Waals surface area contributed by atoms with E-state index in [0.717, 1.165) is 28.9 Å². The Morgan fingerprint density at radius 3 is 2.38 bits per heavy atom. The van der Waals surface area contributed by atoms with Gasteiger partial charge in [0, 0.05) is 17.3 Å². The van der Waals surface area contributed by atoms with Crippen LogP contribution in [0.4, 0.5) is 16.2 Å². The molecule has 178 valence electrons. The van der Waals surface area contributed by atoms with Crippen LogP contribution in [0.1, 0.15) is 70.6 Å². The molecule has 0 radical (unpaired) electrons. The Bertz CT molecular complexity index is 1180. The number of fused-ring (bicyclic) bond motifs is 1. The summed E-state index contributed by atoms with van der Waals surface area (Å²) in [4.78, 5) is 41.8. The number of hydrogen-bond donors (Lipinski definition) is 1. The van der Waals surface area contributed by atoms with E-state index in [0.29, 0.717) is 17.6 Å². The second-order valence-corrected chi connectivity index (χ2v) is 10.2. The van der Waals surface area contributed by atoms with Gasteiger partial charge in [0.1, 0.15) is 5.57 Å². The molecular formula is C28H33N3O3. The number of imide groups is 2. The van der Waals surface area contributed by atoms with E-state index in [1.54, 1.807) is 18.2 Å². The summed E-state index contributed by atoms with van der Waals surface area (Å²) >= 11 is 0. The standard InChI is InChI=1S/C28H33N3O3/c1-7-19-8-11-21(12-9-19)30-26(33)23(25(32)29-27(30)34)15-20-10-13-24-22(14-20)18(4)16-28(5,6)31(24)17(2)3/h8-15,17-18H,7,16H2,1-6H3,(H,29,32,34)/b23-15+/t18-/m1/s1. The smallest absolute Gasteiger partial charge is 0.335 e. The first-order chi connectivity index (χ1) is 16.0. The Morgan fingerprint density at radius 2 is 1.76 bits per heavy atom. The fourth-order valence-corrected chi connectivity index (χ4v) is 5.48. The van der Waals surface area contributed by atoms with Crippen molar-refractivity contribution in [3.63, 3.8) is 0 Å². The van der Waals surface area contributed by atoms with Crippen molar-refractivity contribution < 1.29 is 14.4 Å². The van der Waals surface area contributed by atoms with Crippen LogP contribution in [-0.2, 0) is 16.0 Å². The second-order valence-electron chi connectivity index (χ2n) is 10.2. The number of amides is 4. The third kappa shape index (κ3) is 4.13. The van der Waals surface area contributed by atoms with E-state index in [-0.39, 0.29) is 11.1 Å². The number of rotatable bonds is 4. The van der Waals surface area contributed by atoms with Gasteiger partial charge in [-0.2, -0.15) is 0 Å². The minimum atomic E-state index is -0.731. The van der Waals surface area contributed by atoms with Crippen LogP contribution in [0, 0.1) is 0 Å². The van der Waals surface area contributed by atoms with Gasteiger partial charge in [0.25, 0.3) is 11.8 Å². The predicted molar refractivity (Wildman–Crippen MR) is 136 cm³/mol. The van der Waals surface area contributed by atoms with Crippen LogP contribution in [0.5, 0.6) is 0 Å². The summed E-state index contributed by atoms with van der Waals surface area (Å²) in [5.41, 5.74) is 4.68. The van der Waals surface area contributed by atoms with Crippen molar-refractivity contribution in [2.45, 2.75) is 71.9 Å². The maximum absolute atomic E-state index is 13.3.